The van der Waals surface area contributed by atoms with Crippen LogP contribution in [0.25, 0.3) is 22.3 Å². The lowest BCUT2D eigenvalue weighted by Gasteiger charge is -2.32. The van der Waals surface area contributed by atoms with Gasteiger partial charge in [0, 0.05) is 18.7 Å². The van der Waals surface area contributed by atoms with E-state index in [1.165, 1.54) is 12.4 Å². The largest absolute Gasteiger partial charge is 0.451 e. The van der Waals surface area contributed by atoms with Gasteiger partial charge < -0.3 is 15.4 Å². The number of hydrogen-bond donors (Lipinski definition) is 1. The van der Waals surface area contributed by atoms with Gasteiger partial charge in [0.25, 0.3) is 5.91 Å². The van der Waals surface area contributed by atoms with Crippen LogP contribution in [-0.2, 0) is 4.79 Å². The number of carbonyl (C=O) groups excluding carboxylic acids is 1. The molecule has 4 aromatic rings. The van der Waals surface area contributed by atoms with Gasteiger partial charge in [-0.05, 0) is 68.0 Å². The maximum absolute atomic E-state index is 14.0. The lowest BCUT2D eigenvalue weighted by atomic mass is 10.0. The number of amides is 1. The Morgan fingerprint density at radius 3 is 2.55 bits per heavy atom. The van der Waals surface area contributed by atoms with Crippen LogP contribution in [0.5, 0.6) is 11.5 Å². The maximum atomic E-state index is 14.0. The number of nitriles is 1. The number of anilines is 1. The Morgan fingerprint density at radius 2 is 1.85 bits per heavy atom. The molecule has 1 aliphatic carbocycles. The van der Waals surface area contributed by atoms with E-state index in [0.717, 1.165) is 37.8 Å². The normalized spacial score (nSPS) is 17.6. The number of ether oxygens (including phenoxy) is 1. The highest BCUT2D eigenvalue weighted by Gasteiger charge is 2.31. The Morgan fingerprint density at radius 1 is 1.10 bits per heavy atom. The molecule has 40 heavy (non-hydrogen) atoms. The zero-order chi connectivity index (χ0) is 27.8. The second-order valence-corrected chi connectivity index (χ2v) is 10.0. The van der Waals surface area contributed by atoms with E-state index >= 15 is 0 Å². The Bertz CT molecular complexity index is 1650. The fraction of sp³-hybridized carbons (Fsp3) is 0.276. The molecule has 3 heterocycles. The molecule has 2 fully saturated rings. The second kappa shape index (κ2) is 10.4. The van der Waals surface area contributed by atoms with Crippen LogP contribution in [0.2, 0.25) is 0 Å². The third kappa shape index (κ3) is 4.84. The number of piperidine rings is 1. The van der Waals surface area contributed by atoms with Crippen molar-refractivity contribution in [3.05, 3.63) is 72.1 Å². The van der Waals surface area contributed by atoms with Crippen LogP contribution in [-0.4, -0.2) is 43.6 Å². The Labute approximate surface area is 228 Å². The monoisotopic (exact) mass is 541 g/mol. The number of aromatic nitrogens is 4. The van der Waals surface area contributed by atoms with Crippen molar-refractivity contribution in [3.63, 3.8) is 0 Å². The molecule has 6 rings (SSSR count). The molecule has 2 aromatic carbocycles. The van der Waals surface area contributed by atoms with E-state index in [0.29, 0.717) is 41.3 Å². The number of halogens is 2. The molecule has 202 valence electrons. The number of hydrogen-bond acceptors (Lipinski definition) is 7. The van der Waals surface area contributed by atoms with Crippen molar-refractivity contribution in [2.24, 2.45) is 5.92 Å². The number of likely N-dealkylation sites (tertiary alicyclic amines) is 1. The first-order chi connectivity index (χ1) is 19.4. The number of benzene rings is 2. The molecule has 1 saturated carbocycles. The van der Waals surface area contributed by atoms with Gasteiger partial charge >= 0.3 is 0 Å². The van der Waals surface area contributed by atoms with E-state index in [1.807, 2.05) is 0 Å². The lowest BCUT2D eigenvalue weighted by molar-refractivity contribution is -0.128. The summed E-state index contributed by atoms with van der Waals surface area (Å²) < 4.78 is 35.3. The smallest absolute Gasteiger partial charge is 0.264 e. The molecule has 0 bridgehead atoms. The molecule has 0 radical (unpaired) electrons. The summed E-state index contributed by atoms with van der Waals surface area (Å²) in [5, 5.41) is 15.0. The molecule has 2 aliphatic rings. The van der Waals surface area contributed by atoms with E-state index in [-0.39, 0.29) is 29.1 Å². The van der Waals surface area contributed by atoms with Crippen LogP contribution >= 0.6 is 0 Å². The van der Waals surface area contributed by atoms with Gasteiger partial charge in [0.05, 0.1) is 11.4 Å². The molecular formula is C29H25F2N7O2. The van der Waals surface area contributed by atoms with Crippen molar-refractivity contribution in [1.82, 2.24) is 24.6 Å². The number of carbonyl (C=O) groups is 1. The summed E-state index contributed by atoms with van der Waals surface area (Å²) in [5.41, 5.74) is 8.20. The summed E-state index contributed by atoms with van der Waals surface area (Å²) in [6.07, 6.45) is 6.69. The first-order valence-corrected chi connectivity index (χ1v) is 13.0. The zero-order valence-electron chi connectivity index (χ0n) is 21.4. The van der Waals surface area contributed by atoms with E-state index in [1.54, 1.807) is 39.9 Å². The first kappa shape index (κ1) is 25.4. The third-order valence-electron chi connectivity index (χ3n) is 7.19. The highest BCUT2D eigenvalue weighted by atomic mass is 19.1. The average molecular weight is 542 g/mol. The minimum atomic E-state index is -0.802. The van der Waals surface area contributed by atoms with Gasteiger partial charge in [0.15, 0.2) is 23.0 Å². The molecular weight excluding hydrogens is 516 g/mol. The van der Waals surface area contributed by atoms with Crippen LogP contribution in [0.1, 0.15) is 31.7 Å². The number of allylic oxidation sites excluding steroid dienone is 1. The first-order valence-electron chi connectivity index (χ1n) is 13.0. The van der Waals surface area contributed by atoms with E-state index in [2.05, 4.69) is 16.0 Å². The predicted octanol–water partition coefficient (Wildman–Crippen LogP) is 5.17. The van der Waals surface area contributed by atoms with Crippen molar-refractivity contribution < 1.29 is 18.3 Å². The van der Waals surface area contributed by atoms with Gasteiger partial charge in [0.1, 0.15) is 35.2 Å². The van der Waals surface area contributed by atoms with Crippen molar-refractivity contribution >= 4 is 22.8 Å². The highest BCUT2D eigenvalue weighted by Crippen LogP contribution is 2.36. The molecule has 2 aromatic heterocycles. The minimum Gasteiger partial charge on any atom is -0.451 e. The number of nitrogens with two attached hydrogens (primary N) is 1. The van der Waals surface area contributed by atoms with Crippen molar-refractivity contribution in [1.29, 1.82) is 5.26 Å². The summed E-state index contributed by atoms with van der Waals surface area (Å²) in [5.74, 6) is -1.53. The molecule has 1 aliphatic heterocycles. The number of fused-ring (bicyclic) bond motifs is 1. The van der Waals surface area contributed by atoms with Gasteiger partial charge in [-0.25, -0.2) is 23.4 Å². The van der Waals surface area contributed by atoms with Crippen molar-refractivity contribution in [3.8, 4) is 28.8 Å². The van der Waals surface area contributed by atoms with Gasteiger partial charge in [-0.2, -0.15) is 10.4 Å². The summed E-state index contributed by atoms with van der Waals surface area (Å²) >= 11 is 0. The standard InChI is InChI=1S/C29H25F2N7O2/c30-22-4-1-5-23(31)26(22)40-21-10-8-18(9-11-21)25-24-27(33)34-16-35-28(24)38(36-25)20-3-2-12-37(15-20)29(39)19(14-32)13-17-6-7-17/h1,4-5,8-11,13,16-17,20H,2-3,6-7,12,15H2,(H2,33,34,35). The molecule has 9 nitrogen and oxygen atoms in total. The average Bonchev–Trinajstić information content (AvgIpc) is 3.71. The molecule has 1 atom stereocenters. The Kier molecular flexibility index (Phi) is 6.59. The quantitative estimate of drug-likeness (QED) is 0.264. The molecule has 1 unspecified atom stereocenters. The van der Waals surface area contributed by atoms with Crippen LogP contribution in [0.15, 0.2) is 60.4 Å². The lowest BCUT2D eigenvalue weighted by Crippen LogP contribution is -2.41. The van der Waals surface area contributed by atoms with Crippen molar-refractivity contribution in [2.45, 2.75) is 31.7 Å². The van der Waals surface area contributed by atoms with Gasteiger partial charge in [0.2, 0.25) is 0 Å². The summed E-state index contributed by atoms with van der Waals surface area (Å²) in [6, 6.07) is 12.0. The summed E-state index contributed by atoms with van der Waals surface area (Å²) in [4.78, 5) is 23.4. The molecule has 1 amide bonds. The van der Waals surface area contributed by atoms with Crippen LogP contribution < -0.4 is 10.5 Å². The molecule has 11 heteroatoms. The second-order valence-electron chi connectivity index (χ2n) is 10.0. The Hall–Kier alpha value is -4.85. The minimum absolute atomic E-state index is 0.184. The van der Waals surface area contributed by atoms with Gasteiger partial charge in [-0.15, -0.1) is 0 Å². The number of rotatable bonds is 6. The maximum Gasteiger partial charge on any atom is 0.264 e. The SMILES string of the molecule is N#CC(=CC1CC1)C(=O)N1CCCC(n2nc(-c3ccc(Oc4c(F)cccc4F)cc3)c3c(N)ncnc32)C1. The van der Waals surface area contributed by atoms with Gasteiger partial charge in [-0.1, -0.05) is 12.1 Å². The van der Waals surface area contributed by atoms with E-state index < -0.39 is 17.4 Å². The topological polar surface area (TPSA) is 123 Å². The fourth-order valence-electron chi connectivity index (χ4n) is 4.99. The van der Waals surface area contributed by atoms with Gasteiger partial charge in [-0.3, -0.25) is 4.79 Å². The number of para-hydroxylation sites is 1. The molecule has 2 N–H and O–H groups in total. The van der Waals surface area contributed by atoms with Crippen molar-refractivity contribution in [2.75, 3.05) is 18.8 Å². The predicted molar refractivity (Wildman–Crippen MR) is 143 cm³/mol. The number of nitrogens with zero attached hydrogens (tertiary/aromatic N) is 6. The summed E-state index contributed by atoms with van der Waals surface area (Å²) in [7, 11) is 0. The van der Waals surface area contributed by atoms with E-state index in [9.17, 15) is 18.8 Å². The molecule has 0 spiro atoms. The van der Waals surface area contributed by atoms with Crippen LogP contribution in [0.3, 0.4) is 0 Å². The summed E-state index contributed by atoms with van der Waals surface area (Å²) in [6.45, 7) is 0.940. The number of nitrogen functional groups attached to an aromatic ring is 1. The highest BCUT2D eigenvalue weighted by molar-refractivity contribution is 5.99. The van der Waals surface area contributed by atoms with Crippen LogP contribution in [0.4, 0.5) is 14.6 Å². The fourth-order valence-corrected chi connectivity index (χ4v) is 4.99. The Balaban J connectivity index is 1.30. The third-order valence-corrected chi connectivity index (χ3v) is 7.19. The zero-order valence-corrected chi connectivity index (χ0v) is 21.4. The van der Waals surface area contributed by atoms with Crippen LogP contribution in [0, 0.1) is 28.9 Å². The van der Waals surface area contributed by atoms with E-state index in [4.69, 9.17) is 15.6 Å². The molecule has 1 saturated heterocycles.